The summed E-state index contributed by atoms with van der Waals surface area (Å²) in [6.07, 6.45) is 0. The van der Waals surface area contributed by atoms with E-state index in [0.717, 1.165) is 0 Å². The Morgan fingerprint density at radius 3 is 0.538 bits per heavy atom. The van der Waals surface area contributed by atoms with Gasteiger partial charge in [-0.25, -0.2) is 19.6 Å². The average Bonchev–Trinajstić information content (AvgIpc) is 1.92. The quantitative estimate of drug-likeness (QED) is 0.279. The molecule has 1 radical (unpaired) electrons. The molecule has 0 saturated heterocycles. The fraction of sp³-hybridized carbons (Fsp3) is 1.00. The van der Waals surface area contributed by atoms with Gasteiger partial charge in [-0.05, 0) is 0 Å². The molecule has 0 aliphatic heterocycles. The fourth-order valence-corrected chi connectivity index (χ4v) is 0. The van der Waals surface area contributed by atoms with Crippen LogP contribution in [0.3, 0.4) is 0 Å². The molecule has 0 amide bonds. The monoisotopic (exact) mass is 255 g/mol. The predicted octanol–water partition coefficient (Wildman–Crippen LogP) is 0.421. The van der Waals surface area contributed by atoms with Crippen LogP contribution in [0.1, 0.15) is 0 Å². The van der Waals surface area contributed by atoms with Crippen molar-refractivity contribution < 1.29 is 57.6 Å². The van der Waals surface area contributed by atoms with Crippen LogP contribution in [0, 0.1) is 0 Å². The van der Waals surface area contributed by atoms with Gasteiger partial charge in [0, 0.05) is 17.1 Å². The van der Waals surface area contributed by atoms with E-state index in [1.165, 1.54) is 28.4 Å². The van der Waals surface area contributed by atoms with Crippen molar-refractivity contribution in [3.05, 3.63) is 0 Å². The first-order valence-electron chi connectivity index (χ1n) is 2.36. The SMILES string of the molecule is COO.COO.COO.COO.[Cu]. The number of hydrogen-bond acceptors (Lipinski definition) is 8. The van der Waals surface area contributed by atoms with Crippen molar-refractivity contribution in [1.29, 1.82) is 0 Å². The molecule has 91 valence electrons. The topological polar surface area (TPSA) is 118 Å². The van der Waals surface area contributed by atoms with E-state index < -0.39 is 0 Å². The van der Waals surface area contributed by atoms with Gasteiger partial charge in [-0.1, -0.05) is 0 Å². The van der Waals surface area contributed by atoms with Gasteiger partial charge >= 0.3 is 0 Å². The summed E-state index contributed by atoms with van der Waals surface area (Å²) in [4.78, 5) is 13.0. The molecule has 0 rings (SSSR count). The second kappa shape index (κ2) is 86.8. The van der Waals surface area contributed by atoms with Crippen LogP contribution in [0.4, 0.5) is 0 Å². The van der Waals surface area contributed by atoms with Gasteiger partial charge in [0.15, 0.2) is 0 Å². The van der Waals surface area contributed by atoms with Crippen molar-refractivity contribution >= 4 is 0 Å². The molecule has 0 aliphatic rings. The van der Waals surface area contributed by atoms with Crippen molar-refractivity contribution in [2.45, 2.75) is 0 Å². The van der Waals surface area contributed by atoms with E-state index in [1.807, 2.05) is 0 Å². The minimum atomic E-state index is 0. The van der Waals surface area contributed by atoms with E-state index in [9.17, 15) is 0 Å². The molecule has 8 nitrogen and oxygen atoms in total. The zero-order valence-electron chi connectivity index (χ0n) is 7.72. The molecule has 0 fully saturated rings. The van der Waals surface area contributed by atoms with Crippen LogP contribution in [0.25, 0.3) is 0 Å². The van der Waals surface area contributed by atoms with Gasteiger partial charge < -0.3 is 0 Å². The molecule has 0 aromatic heterocycles. The van der Waals surface area contributed by atoms with Gasteiger partial charge in [0.2, 0.25) is 0 Å². The Balaban J connectivity index is -0.0000000213. The Morgan fingerprint density at radius 1 is 0.538 bits per heavy atom. The van der Waals surface area contributed by atoms with E-state index >= 15 is 0 Å². The van der Waals surface area contributed by atoms with Crippen LogP contribution in [0.5, 0.6) is 0 Å². The van der Waals surface area contributed by atoms with E-state index in [-0.39, 0.29) is 17.1 Å². The third-order valence-corrected chi connectivity index (χ3v) is 0. The molecule has 9 heteroatoms. The molecule has 13 heavy (non-hydrogen) atoms. The number of rotatable bonds is 0. The van der Waals surface area contributed by atoms with Crippen LogP contribution in [0.2, 0.25) is 0 Å². The molecule has 0 aliphatic carbocycles. The van der Waals surface area contributed by atoms with Crippen LogP contribution >= 0.6 is 0 Å². The van der Waals surface area contributed by atoms with Crippen molar-refractivity contribution in [1.82, 2.24) is 0 Å². The van der Waals surface area contributed by atoms with E-state index in [4.69, 9.17) is 21.0 Å². The van der Waals surface area contributed by atoms with Crippen molar-refractivity contribution in [2.75, 3.05) is 28.4 Å². The Bertz CT molecular complexity index is 24.1. The van der Waals surface area contributed by atoms with Gasteiger partial charge in [0.05, 0.1) is 28.4 Å². The molecule has 0 unspecified atom stereocenters. The average molecular weight is 256 g/mol. The summed E-state index contributed by atoms with van der Waals surface area (Å²) in [5, 5.41) is 28.3. The molecule has 0 aromatic carbocycles. The van der Waals surface area contributed by atoms with E-state index in [0.29, 0.717) is 0 Å². The van der Waals surface area contributed by atoms with Crippen molar-refractivity contribution in [2.24, 2.45) is 0 Å². The summed E-state index contributed by atoms with van der Waals surface area (Å²) in [7, 11) is 4.72. The van der Waals surface area contributed by atoms with Gasteiger partial charge in [0.1, 0.15) is 0 Å². The third-order valence-electron chi connectivity index (χ3n) is 0. The smallest absolute Gasteiger partial charge is 0.0710 e. The Morgan fingerprint density at radius 2 is 0.538 bits per heavy atom. The zero-order valence-corrected chi connectivity index (χ0v) is 8.67. The van der Waals surface area contributed by atoms with Crippen LogP contribution in [-0.2, 0) is 36.6 Å². The van der Waals surface area contributed by atoms with E-state index in [1.54, 1.807) is 0 Å². The molecule has 0 bridgehead atoms. The summed E-state index contributed by atoms with van der Waals surface area (Å²) in [5.74, 6) is 0. The maximum absolute atomic E-state index is 7.07. The first-order chi connectivity index (χ1) is 5.66. The van der Waals surface area contributed by atoms with Gasteiger partial charge in [-0.2, -0.15) is 0 Å². The summed E-state index contributed by atoms with van der Waals surface area (Å²) < 4.78 is 0. The molecule has 0 atom stereocenters. The molecule has 0 spiro atoms. The zero-order chi connectivity index (χ0) is 10.8. The van der Waals surface area contributed by atoms with Crippen molar-refractivity contribution in [3.63, 3.8) is 0 Å². The third kappa shape index (κ3) is 31900. The summed E-state index contributed by atoms with van der Waals surface area (Å²) >= 11 is 0. The van der Waals surface area contributed by atoms with E-state index in [2.05, 4.69) is 19.6 Å². The van der Waals surface area contributed by atoms with Gasteiger partial charge in [0.25, 0.3) is 0 Å². The second-order valence-electron chi connectivity index (χ2n) is 0.730. The van der Waals surface area contributed by atoms with Crippen molar-refractivity contribution in [3.8, 4) is 0 Å². The summed E-state index contributed by atoms with van der Waals surface area (Å²) in [6, 6.07) is 0. The molecule has 0 aromatic rings. The Kier molecular flexibility index (Phi) is 195. The summed E-state index contributed by atoms with van der Waals surface area (Å²) in [6.45, 7) is 0. The number of hydrogen-bond donors (Lipinski definition) is 4. The standard InChI is InChI=1S/4CH4O2.Cu/c4*1-3-2;/h4*2H,1H3;. The molecule has 0 saturated carbocycles. The first-order valence-corrected chi connectivity index (χ1v) is 2.36. The Hall–Kier alpha value is 0.199. The van der Waals surface area contributed by atoms with Gasteiger partial charge in [-0.3, -0.25) is 21.0 Å². The predicted molar refractivity (Wildman–Crippen MR) is 38.6 cm³/mol. The maximum Gasteiger partial charge on any atom is 0.0710 e. The van der Waals surface area contributed by atoms with Crippen LogP contribution in [-0.4, -0.2) is 49.5 Å². The minimum Gasteiger partial charge on any atom is -0.252 e. The maximum atomic E-state index is 7.07. The molecular weight excluding hydrogens is 240 g/mol. The molecular formula is C4H16CuO8. The van der Waals surface area contributed by atoms with Crippen LogP contribution in [0.15, 0.2) is 0 Å². The van der Waals surface area contributed by atoms with Gasteiger partial charge in [-0.15, -0.1) is 0 Å². The second-order valence-corrected chi connectivity index (χ2v) is 0.730. The first kappa shape index (κ1) is 29.2. The minimum absolute atomic E-state index is 0. The molecule has 0 heterocycles. The largest absolute Gasteiger partial charge is 0.252 e. The molecule has 4 N–H and O–H groups in total. The van der Waals surface area contributed by atoms with Crippen LogP contribution < -0.4 is 0 Å². The Labute approximate surface area is 86.8 Å². The fourth-order valence-electron chi connectivity index (χ4n) is 0. The normalized spacial score (nSPS) is 5.54. The summed E-state index contributed by atoms with van der Waals surface area (Å²) in [5.41, 5.74) is 0.